The molecule has 0 bridgehead atoms. The Hall–Kier alpha value is -3.04. The smallest absolute Gasteiger partial charge is 0.225 e. The lowest BCUT2D eigenvalue weighted by molar-refractivity contribution is -0.138. The Morgan fingerprint density at radius 1 is 1.06 bits per heavy atom. The normalized spacial score (nSPS) is 17.7. The number of aliphatic hydroxyl groups is 1. The van der Waals surface area contributed by atoms with Crippen molar-refractivity contribution in [2.75, 3.05) is 36.4 Å². The molecule has 2 saturated heterocycles. The van der Waals surface area contributed by atoms with Crippen LogP contribution in [0.1, 0.15) is 31.2 Å². The van der Waals surface area contributed by atoms with Crippen molar-refractivity contribution in [2.24, 2.45) is 5.92 Å². The number of amides is 1. The second kappa shape index (κ2) is 10.1. The molecule has 0 aromatic carbocycles. The maximum atomic E-state index is 12.9. The van der Waals surface area contributed by atoms with Crippen LogP contribution in [0.15, 0.2) is 42.7 Å². The second-order valence-electron chi connectivity index (χ2n) is 9.08. The van der Waals surface area contributed by atoms with E-state index < -0.39 is 0 Å². The van der Waals surface area contributed by atoms with Crippen molar-refractivity contribution >= 4 is 34.0 Å². The fourth-order valence-electron chi connectivity index (χ4n) is 4.57. The van der Waals surface area contributed by atoms with Gasteiger partial charge in [0.2, 0.25) is 5.91 Å². The van der Waals surface area contributed by atoms with Gasteiger partial charge in [0.05, 0.1) is 16.7 Å². The molecule has 5 heterocycles. The van der Waals surface area contributed by atoms with Gasteiger partial charge >= 0.3 is 0 Å². The Morgan fingerprint density at radius 2 is 1.85 bits per heavy atom. The molecule has 2 aliphatic rings. The van der Waals surface area contributed by atoms with Crippen LogP contribution in [-0.2, 0) is 4.79 Å². The van der Waals surface area contributed by atoms with Crippen molar-refractivity contribution < 1.29 is 9.90 Å². The molecule has 3 aromatic heterocycles. The van der Waals surface area contributed by atoms with Gasteiger partial charge in [0, 0.05) is 44.5 Å². The highest BCUT2D eigenvalue weighted by Crippen LogP contribution is 2.33. The summed E-state index contributed by atoms with van der Waals surface area (Å²) in [5.41, 5.74) is 2.01. The first-order valence-electron chi connectivity index (χ1n) is 11.9. The average molecular weight is 479 g/mol. The minimum absolute atomic E-state index is 0.0746. The molecular weight excluding hydrogens is 448 g/mol. The van der Waals surface area contributed by atoms with Gasteiger partial charge < -0.3 is 20.2 Å². The van der Waals surface area contributed by atoms with Gasteiger partial charge in [-0.2, -0.15) is 0 Å². The first-order chi connectivity index (χ1) is 16.5. The molecule has 0 unspecified atom stereocenters. The lowest BCUT2D eigenvalue weighted by Gasteiger charge is -2.36. The highest BCUT2D eigenvalue weighted by Gasteiger charge is 2.31. The minimum Gasteiger partial charge on any atom is -0.393 e. The van der Waals surface area contributed by atoms with Gasteiger partial charge in [-0.05, 0) is 62.4 Å². The van der Waals surface area contributed by atoms with Crippen LogP contribution >= 0.6 is 11.3 Å². The number of aromatic nitrogens is 3. The fraction of sp³-hybridized carbons (Fsp3) is 0.440. The summed E-state index contributed by atoms with van der Waals surface area (Å²) < 4.78 is 0. The molecule has 178 valence electrons. The van der Waals surface area contributed by atoms with Crippen LogP contribution in [0.5, 0.6) is 0 Å². The van der Waals surface area contributed by atoms with Crippen LogP contribution in [0.2, 0.25) is 0 Å². The van der Waals surface area contributed by atoms with Crippen molar-refractivity contribution in [1.29, 1.82) is 0 Å². The second-order valence-corrected chi connectivity index (χ2v) is 10.1. The standard InChI is InChI=1S/C25H30N6O2S/c1-17-5-10-26-23(15-17)29-22-4-2-3-20(28-22)21-16-27-25(34-21)31-11-6-18(7-12-31)24(33)30-13-8-19(32)9-14-30/h2-5,10,15-16,18-19,32H,6-9,11-14H2,1H3,(H,26,28,29). The van der Waals surface area contributed by atoms with E-state index >= 15 is 0 Å². The lowest BCUT2D eigenvalue weighted by atomic mass is 9.94. The molecule has 0 aliphatic carbocycles. The molecule has 1 amide bonds. The van der Waals surface area contributed by atoms with E-state index in [2.05, 4.69) is 20.2 Å². The summed E-state index contributed by atoms with van der Waals surface area (Å²) >= 11 is 1.63. The van der Waals surface area contributed by atoms with Crippen LogP contribution in [-0.4, -0.2) is 63.1 Å². The first-order valence-corrected chi connectivity index (χ1v) is 12.7. The summed E-state index contributed by atoms with van der Waals surface area (Å²) in [6.07, 6.45) is 6.48. The van der Waals surface area contributed by atoms with Crippen molar-refractivity contribution in [3.05, 3.63) is 48.3 Å². The van der Waals surface area contributed by atoms with E-state index in [0.29, 0.717) is 25.9 Å². The zero-order valence-corrected chi connectivity index (χ0v) is 20.2. The predicted octanol–water partition coefficient (Wildman–Crippen LogP) is 3.85. The van der Waals surface area contributed by atoms with Crippen molar-refractivity contribution in [2.45, 2.75) is 38.7 Å². The molecule has 0 atom stereocenters. The van der Waals surface area contributed by atoms with E-state index in [1.54, 1.807) is 17.5 Å². The molecule has 9 heteroatoms. The highest BCUT2D eigenvalue weighted by molar-refractivity contribution is 7.18. The molecule has 8 nitrogen and oxygen atoms in total. The molecule has 2 N–H and O–H groups in total. The van der Waals surface area contributed by atoms with Crippen LogP contribution in [0.25, 0.3) is 10.6 Å². The fourth-order valence-corrected chi connectivity index (χ4v) is 5.51. The summed E-state index contributed by atoms with van der Waals surface area (Å²) in [5.74, 6) is 1.84. The third kappa shape index (κ3) is 5.20. The number of hydrogen-bond donors (Lipinski definition) is 2. The van der Waals surface area contributed by atoms with E-state index in [1.165, 1.54) is 0 Å². The maximum Gasteiger partial charge on any atom is 0.225 e. The Balaban J connectivity index is 1.20. The molecule has 0 spiro atoms. The molecule has 3 aromatic rings. The average Bonchev–Trinajstić information content (AvgIpc) is 3.35. The maximum absolute atomic E-state index is 12.9. The lowest BCUT2D eigenvalue weighted by Crippen LogP contribution is -2.46. The van der Waals surface area contributed by atoms with Gasteiger partial charge in [0.25, 0.3) is 0 Å². The third-order valence-electron chi connectivity index (χ3n) is 6.56. The number of nitrogens with one attached hydrogen (secondary N) is 1. The van der Waals surface area contributed by atoms with Gasteiger partial charge in [0.15, 0.2) is 5.13 Å². The largest absolute Gasteiger partial charge is 0.393 e. The number of piperidine rings is 2. The molecular formula is C25H30N6O2S. The van der Waals surface area contributed by atoms with E-state index in [9.17, 15) is 9.90 Å². The van der Waals surface area contributed by atoms with Crippen molar-refractivity contribution in [3.63, 3.8) is 0 Å². The van der Waals surface area contributed by atoms with Crippen LogP contribution < -0.4 is 10.2 Å². The predicted molar refractivity (Wildman–Crippen MR) is 134 cm³/mol. The van der Waals surface area contributed by atoms with Crippen LogP contribution in [0.3, 0.4) is 0 Å². The number of rotatable bonds is 5. The van der Waals surface area contributed by atoms with Gasteiger partial charge in [-0.25, -0.2) is 15.0 Å². The summed E-state index contributed by atoms with van der Waals surface area (Å²) in [6, 6.07) is 9.86. The Labute approximate surface area is 203 Å². The number of carbonyl (C=O) groups excluding carboxylic acids is 1. The number of likely N-dealkylation sites (tertiary alicyclic amines) is 1. The highest BCUT2D eigenvalue weighted by atomic mass is 32.1. The minimum atomic E-state index is -0.254. The molecule has 5 rings (SSSR count). The van der Waals surface area contributed by atoms with E-state index in [-0.39, 0.29) is 17.9 Å². The number of pyridine rings is 2. The summed E-state index contributed by atoms with van der Waals surface area (Å²) in [7, 11) is 0. The number of anilines is 3. The molecule has 2 fully saturated rings. The zero-order valence-electron chi connectivity index (χ0n) is 19.4. The summed E-state index contributed by atoms with van der Waals surface area (Å²) in [5, 5.41) is 13.9. The van der Waals surface area contributed by atoms with E-state index in [4.69, 9.17) is 4.98 Å². The quantitative estimate of drug-likeness (QED) is 0.575. The van der Waals surface area contributed by atoms with Gasteiger partial charge in [-0.3, -0.25) is 4.79 Å². The third-order valence-corrected chi connectivity index (χ3v) is 7.64. The first kappa shape index (κ1) is 22.7. The van der Waals surface area contributed by atoms with Crippen molar-refractivity contribution in [3.8, 4) is 10.6 Å². The number of carbonyl (C=O) groups is 1. The van der Waals surface area contributed by atoms with Crippen molar-refractivity contribution in [1.82, 2.24) is 19.9 Å². The van der Waals surface area contributed by atoms with Gasteiger partial charge in [-0.1, -0.05) is 17.4 Å². The number of nitrogens with zero attached hydrogens (tertiary/aromatic N) is 5. The number of aryl methyl sites for hydroxylation is 1. The number of thiazole rings is 1. The number of hydrogen-bond acceptors (Lipinski definition) is 8. The zero-order chi connectivity index (χ0) is 23.5. The Morgan fingerprint density at radius 3 is 2.62 bits per heavy atom. The molecule has 2 aliphatic heterocycles. The Bertz CT molecular complexity index is 1140. The number of aliphatic hydroxyl groups excluding tert-OH is 1. The van der Waals surface area contributed by atoms with Crippen LogP contribution in [0, 0.1) is 12.8 Å². The van der Waals surface area contributed by atoms with Gasteiger partial charge in [-0.15, -0.1) is 0 Å². The monoisotopic (exact) mass is 478 g/mol. The van der Waals surface area contributed by atoms with E-state index in [0.717, 1.165) is 58.8 Å². The topological polar surface area (TPSA) is 94.5 Å². The summed E-state index contributed by atoms with van der Waals surface area (Å²) in [6.45, 7) is 5.04. The van der Waals surface area contributed by atoms with Crippen LogP contribution in [0.4, 0.5) is 16.8 Å². The van der Waals surface area contributed by atoms with Gasteiger partial charge in [0.1, 0.15) is 11.6 Å². The SMILES string of the molecule is Cc1ccnc(Nc2cccc(-c3cnc(N4CCC(C(=O)N5CCC(O)CC5)CC4)s3)n2)c1. The molecule has 0 saturated carbocycles. The van der Waals surface area contributed by atoms with E-state index in [1.807, 2.05) is 48.4 Å². The Kier molecular flexibility index (Phi) is 6.73. The molecule has 34 heavy (non-hydrogen) atoms. The summed E-state index contributed by atoms with van der Waals surface area (Å²) in [4.78, 5) is 31.9. The molecule has 0 radical (unpaired) electrons.